The average Bonchev–Trinajstić information content (AvgIpc) is 3.20. The lowest BCUT2D eigenvalue weighted by Gasteiger charge is -2.30. The van der Waals surface area contributed by atoms with E-state index in [1.807, 2.05) is 50.2 Å². The van der Waals surface area contributed by atoms with Crippen molar-refractivity contribution in [2.75, 3.05) is 18.4 Å². The summed E-state index contributed by atoms with van der Waals surface area (Å²) < 4.78 is 33.6. The molecule has 178 valence electrons. The first-order chi connectivity index (χ1) is 16.2. The van der Waals surface area contributed by atoms with Gasteiger partial charge in [0.1, 0.15) is 11.5 Å². The van der Waals surface area contributed by atoms with E-state index in [2.05, 4.69) is 15.5 Å². The Hall–Kier alpha value is -3.30. The van der Waals surface area contributed by atoms with Crippen molar-refractivity contribution >= 4 is 33.9 Å². The van der Waals surface area contributed by atoms with Crippen LogP contribution < -0.4 is 5.32 Å². The molecule has 1 aliphatic rings. The number of rotatable bonds is 6. The molecule has 1 saturated heterocycles. The minimum Gasteiger partial charge on any atom is -0.355 e. The van der Waals surface area contributed by atoms with Gasteiger partial charge in [0.15, 0.2) is 10.7 Å². The number of pyridine rings is 1. The van der Waals surface area contributed by atoms with Gasteiger partial charge in [-0.1, -0.05) is 47.1 Å². The van der Waals surface area contributed by atoms with Gasteiger partial charge in [0.25, 0.3) is 0 Å². The van der Waals surface area contributed by atoms with E-state index in [9.17, 15) is 13.2 Å². The Balaban J connectivity index is 1.45. The second-order valence-corrected chi connectivity index (χ2v) is 10.4. The fourth-order valence-electron chi connectivity index (χ4n) is 3.98. The van der Waals surface area contributed by atoms with Crippen LogP contribution in [-0.4, -0.2) is 41.9 Å². The molecule has 1 aliphatic heterocycles. The predicted octanol–water partition coefficient (Wildman–Crippen LogP) is 4.20. The van der Waals surface area contributed by atoms with Gasteiger partial charge >= 0.3 is 0 Å². The van der Waals surface area contributed by atoms with Gasteiger partial charge in [0.2, 0.25) is 15.9 Å². The van der Waals surface area contributed by atoms with Gasteiger partial charge in [0.05, 0.1) is 0 Å². The highest BCUT2D eigenvalue weighted by Crippen LogP contribution is 2.29. The molecular formula is C25H28N4O4S. The summed E-state index contributed by atoms with van der Waals surface area (Å²) in [6, 6.07) is 13.3. The van der Waals surface area contributed by atoms with E-state index >= 15 is 0 Å². The molecule has 1 fully saturated rings. The Bertz CT molecular complexity index is 1300. The number of aryl methyl sites for hydroxylation is 3. The van der Waals surface area contributed by atoms with Gasteiger partial charge in [0, 0.05) is 24.7 Å². The van der Waals surface area contributed by atoms with Gasteiger partial charge in [-0.05, 0) is 57.4 Å². The van der Waals surface area contributed by atoms with Crippen molar-refractivity contribution in [1.82, 2.24) is 14.4 Å². The zero-order chi connectivity index (χ0) is 24.3. The van der Waals surface area contributed by atoms with Gasteiger partial charge in [-0.15, -0.1) is 0 Å². The molecule has 1 N–H and O–H groups in total. The van der Waals surface area contributed by atoms with Crippen LogP contribution in [0.2, 0.25) is 0 Å². The quantitative estimate of drug-likeness (QED) is 0.567. The molecule has 0 unspecified atom stereocenters. The largest absolute Gasteiger partial charge is 0.355 e. The van der Waals surface area contributed by atoms with E-state index in [-0.39, 0.29) is 35.6 Å². The topological polar surface area (TPSA) is 105 Å². The minimum absolute atomic E-state index is 0.0720. The molecule has 4 rings (SSSR count). The van der Waals surface area contributed by atoms with Crippen molar-refractivity contribution in [3.8, 4) is 0 Å². The molecule has 0 aliphatic carbocycles. The SMILES string of the molecule is Cc1ccc(C=Cc2onc(C)c2S(=O)(=O)N2CCC(C(=O)Nc3cccc(C)n3)CC2)cc1. The van der Waals surface area contributed by atoms with Gasteiger partial charge in [-0.2, -0.15) is 4.31 Å². The first-order valence-electron chi connectivity index (χ1n) is 11.2. The van der Waals surface area contributed by atoms with E-state index in [4.69, 9.17) is 4.52 Å². The maximum absolute atomic E-state index is 13.4. The van der Waals surface area contributed by atoms with E-state index in [0.717, 1.165) is 16.8 Å². The van der Waals surface area contributed by atoms with Crippen LogP contribution in [0.5, 0.6) is 0 Å². The summed E-state index contributed by atoms with van der Waals surface area (Å²) in [5.41, 5.74) is 3.20. The number of hydrogen-bond acceptors (Lipinski definition) is 6. The highest BCUT2D eigenvalue weighted by molar-refractivity contribution is 7.89. The van der Waals surface area contributed by atoms with Crippen LogP contribution in [0.1, 0.15) is 41.1 Å². The maximum Gasteiger partial charge on any atom is 0.248 e. The smallest absolute Gasteiger partial charge is 0.248 e. The summed E-state index contributed by atoms with van der Waals surface area (Å²) in [4.78, 5) is 17.0. The molecule has 0 saturated carbocycles. The summed E-state index contributed by atoms with van der Waals surface area (Å²) in [6.07, 6.45) is 4.28. The molecular weight excluding hydrogens is 452 g/mol. The Morgan fingerprint density at radius 2 is 1.76 bits per heavy atom. The van der Waals surface area contributed by atoms with Crippen LogP contribution in [0.15, 0.2) is 51.9 Å². The fraction of sp³-hybridized carbons (Fsp3) is 0.320. The summed E-state index contributed by atoms with van der Waals surface area (Å²) in [7, 11) is -3.82. The lowest BCUT2D eigenvalue weighted by molar-refractivity contribution is -0.120. The number of piperidine rings is 1. The van der Waals surface area contributed by atoms with Crippen LogP contribution in [0.4, 0.5) is 5.82 Å². The van der Waals surface area contributed by atoms with E-state index in [1.54, 1.807) is 25.1 Å². The molecule has 0 atom stereocenters. The number of sulfonamides is 1. The van der Waals surface area contributed by atoms with Gasteiger partial charge in [-0.25, -0.2) is 13.4 Å². The van der Waals surface area contributed by atoms with Crippen molar-refractivity contribution in [2.24, 2.45) is 5.92 Å². The third-order valence-electron chi connectivity index (χ3n) is 5.90. The number of nitrogens with one attached hydrogen (secondary N) is 1. The number of benzene rings is 1. The Morgan fingerprint density at radius 1 is 1.06 bits per heavy atom. The molecule has 0 spiro atoms. The molecule has 2 aromatic heterocycles. The lowest BCUT2D eigenvalue weighted by Crippen LogP contribution is -2.41. The zero-order valence-electron chi connectivity index (χ0n) is 19.5. The molecule has 34 heavy (non-hydrogen) atoms. The van der Waals surface area contributed by atoms with Crippen molar-refractivity contribution in [3.63, 3.8) is 0 Å². The minimum atomic E-state index is -3.82. The monoisotopic (exact) mass is 480 g/mol. The second kappa shape index (κ2) is 9.90. The molecule has 0 bridgehead atoms. The van der Waals surface area contributed by atoms with E-state index < -0.39 is 10.0 Å². The summed E-state index contributed by atoms with van der Waals surface area (Å²) >= 11 is 0. The number of carbonyl (C=O) groups excluding carboxylic acids is 1. The number of hydrogen-bond donors (Lipinski definition) is 1. The lowest BCUT2D eigenvalue weighted by atomic mass is 9.97. The number of carbonyl (C=O) groups is 1. The Kier molecular flexibility index (Phi) is 6.95. The van der Waals surface area contributed by atoms with Crippen molar-refractivity contribution < 1.29 is 17.7 Å². The first-order valence-corrected chi connectivity index (χ1v) is 12.6. The van der Waals surface area contributed by atoms with Crippen LogP contribution in [-0.2, 0) is 14.8 Å². The third kappa shape index (κ3) is 5.26. The molecule has 3 heterocycles. The van der Waals surface area contributed by atoms with Crippen LogP contribution in [0.25, 0.3) is 12.2 Å². The Morgan fingerprint density at radius 3 is 2.44 bits per heavy atom. The molecule has 1 aromatic carbocycles. The van der Waals surface area contributed by atoms with Crippen LogP contribution in [0.3, 0.4) is 0 Å². The van der Waals surface area contributed by atoms with Crippen LogP contribution in [0, 0.1) is 26.7 Å². The Labute approximate surface area is 199 Å². The van der Waals surface area contributed by atoms with Crippen LogP contribution >= 0.6 is 0 Å². The zero-order valence-corrected chi connectivity index (χ0v) is 20.3. The number of nitrogens with zero attached hydrogens (tertiary/aromatic N) is 3. The highest BCUT2D eigenvalue weighted by Gasteiger charge is 2.36. The number of aromatic nitrogens is 2. The summed E-state index contributed by atoms with van der Waals surface area (Å²) in [5, 5.41) is 6.73. The van der Waals surface area contributed by atoms with E-state index in [1.165, 1.54) is 4.31 Å². The van der Waals surface area contributed by atoms with Gasteiger partial charge in [-0.3, -0.25) is 4.79 Å². The fourth-order valence-corrected chi connectivity index (χ4v) is 5.70. The third-order valence-corrected chi connectivity index (χ3v) is 7.96. The summed E-state index contributed by atoms with van der Waals surface area (Å²) in [5.74, 6) is 0.282. The number of amides is 1. The number of anilines is 1. The molecule has 8 nitrogen and oxygen atoms in total. The molecule has 9 heteroatoms. The molecule has 3 aromatic rings. The normalized spacial score (nSPS) is 15.6. The second-order valence-electron chi connectivity index (χ2n) is 8.54. The van der Waals surface area contributed by atoms with Crippen molar-refractivity contribution in [1.29, 1.82) is 0 Å². The maximum atomic E-state index is 13.4. The van der Waals surface area contributed by atoms with E-state index in [0.29, 0.717) is 24.4 Å². The standard InChI is InChI=1S/C25H28N4O4S/c1-17-7-9-20(10-8-17)11-12-22-24(19(3)28-33-22)34(31,32)29-15-13-21(14-16-29)25(30)27-23-6-4-5-18(2)26-23/h4-12,21H,13-16H2,1-3H3,(H,26,27,30). The highest BCUT2D eigenvalue weighted by atomic mass is 32.2. The predicted molar refractivity (Wildman–Crippen MR) is 130 cm³/mol. The summed E-state index contributed by atoms with van der Waals surface area (Å²) in [6.45, 7) is 5.97. The van der Waals surface area contributed by atoms with Gasteiger partial charge < -0.3 is 9.84 Å². The molecule has 1 amide bonds. The molecule has 0 radical (unpaired) electrons. The van der Waals surface area contributed by atoms with Crippen molar-refractivity contribution in [2.45, 2.75) is 38.5 Å². The first kappa shape index (κ1) is 23.8. The van der Waals surface area contributed by atoms with Crippen molar-refractivity contribution in [3.05, 3.63) is 70.7 Å². The average molecular weight is 481 g/mol.